The Hall–Kier alpha value is -1.59. The van der Waals surface area contributed by atoms with E-state index in [-0.39, 0.29) is 10.9 Å². The first kappa shape index (κ1) is 8.98. The fraction of sp³-hybridized carbons (Fsp3) is 0.125. The molecule has 1 aromatic carbocycles. The van der Waals surface area contributed by atoms with E-state index in [1.807, 2.05) is 5.10 Å². The van der Waals surface area contributed by atoms with Gasteiger partial charge in [0.05, 0.1) is 5.52 Å². The predicted molar refractivity (Wildman–Crippen MR) is 41.1 cm³/mol. The topological polar surface area (TPSA) is 28.7 Å². The molecule has 0 aliphatic heterocycles. The van der Waals surface area contributed by atoms with Crippen molar-refractivity contribution in [2.24, 2.45) is 0 Å². The van der Waals surface area contributed by atoms with Crippen LogP contribution < -0.4 is 0 Å². The van der Waals surface area contributed by atoms with Gasteiger partial charge in [0.2, 0.25) is 0 Å². The number of fused-ring (bicyclic) bond motifs is 1. The summed E-state index contributed by atoms with van der Waals surface area (Å²) >= 11 is 0. The van der Waals surface area contributed by atoms with Crippen LogP contribution in [0.15, 0.2) is 18.2 Å². The van der Waals surface area contributed by atoms with E-state index in [9.17, 15) is 17.6 Å². The number of aromatic amines is 1. The maximum atomic E-state index is 12.6. The lowest BCUT2D eigenvalue weighted by atomic mass is 10.2. The average molecular weight is 204 g/mol. The maximum Gasteiger partial charge on any atom is 0.433 e. The molecular formula is C8H4F4N2. The normalized spacial score (nSPS) is 12.3. The minimum absolute atomic E-state index is 0.0303. The molecule has 0 spiro atoms. The molecule has 2 rings (SSSR count). The van der Waals surface area contributed by atoms with Crippen LogP contribution in [-0.4, -0.2) is 10.2 Å². The number of benzene rings is 1. The van der Waals surface area contributed by atoms with Gasteiger partial charge in [0.1, 0.15) is 11.5 Å². The summed E-state index contributed by atoms with van der Waals surface area (Å²) in [5.41, 5.74) is -0.982. The van der Waals surface area contributed by atoms with Crippen LogP contribution in [-0.2, 0) is 6.18 Å². The zero-order valence-corrected chi connectivity index (χ0v) is 6.69. The first-order valence-electron chi connectivity index (χ1n) is 3.69. The zero-order valence-electron chi connectivity index (χ0n) is 6.69. The van der Waals surface area contributed by atoms with Gasteiger partial charge in [-0.15, -0.1) is 0 Å². The van der Waals surface area contributed by atoms with Crippen molar-refractivity contribution in [2.45, 2.75) is 6.18 Å². The van der Waals surface area contributed by atoms with Crippen molar-refractivity contribution in [3.05, 3.63) is 29.7 Å². The fourth-order valence-corrected chi connectivity index (χ4v) is 1.20. The van der Waals surface area contributed by atoms with Crippen molar-refractivity contribution < 1.29 is 17.6 Å². The molecule has 1 heterocycles. The number of nitrogens with zero attached hydrogens (tertiary/aromatic N) is 1. The lowest BCUT2D eigenvalue weighted by molar-refractivity contribution is -0.139. The van der Waals surface area contributed by atoms with Crippen LogP contribution in [0.2, 0.25) is 0 Å². The summed E-state index contributed by atoms with van der Waals surface area (Å²) in [6.45, 7) is 0. The lowest BCUT2D eigenvalue weighted by Gasteiger charge is -2.02. The number of hydrogen-bond acceptors (Lipinski definition) is 1. The quantitative estimate of drug-likeness (QED) is 0.656. The molecule has 0 saturated heterocycles. The van der Waals surface area contributed by atoms with E-state index in [1.54, 1.807) is 0 Å². The van der Waals surface area contributed by atoms with E-state index in [0.29, 0.717) is 0 Å². The molecule has 0 fully saturated rings. The Morgan fingerprint density at radius 3 is 2.57 bits per heavy atom. The summed E-state index contributed by atoms with van der Waals surface area (Å²) in [6.07, 6.45) is -4.49. The van der Waals surface area contributed by atoms with Crippen molar-refractivity contribution in [3.63, 3.8) is 0 Å². The molecule has 0 unspecified atom stereocenters. The highest BCUT2D eigenvalue weighted by atomic mass is 19.4. The molecule has 0 amide bonds. The largest absolute Gasteiger partial charge is 0.433 e. The summed E-state index contributed by atoms with van der Waals surface area (Å²) in [5.74, 6) is -0.613. The van der Waals surface area contributed by atoms with Crippen LogP contribution in [0.1, 0.15) is 5.69 Å². The van der Waals surface area contributed by atoms with Gasteiger partial charge in [0.15, 0.2) is 0 Å². The number of halogens is 4. The Kier molecular flexibility index (Phi) is 1.73. The van der Waals surface area contributed by atoms with Gasteiger partial charge in [-0.1, -0.05) is 0 Å². The molecular weight excluding hydrogens is 200 g/mol. The Morgan fingerprint density at radius 1 is 1.21 bits per heavy atom. The third-order valence-corrected chi connectivity index (χ3v) is 1.80. The molecule has 1 N–H and O–H groups in total. The second kappa shape index (κ2) is 2.70. The number of H-pyrrole nitrogens is 1. The molecule has 0 atom stereocenters. The summed E-state index contributed by atoms with van der Waals surface area (Å²) in [7, 11) is 0. The Balaban J connectivity index is 2.70. The van der Waals surface area contributed by atoms with Crippen molar-refractivity contribution in [2.75, 3.05) is 0 Å². The van der Waals surface area contributed by atoms with Gasteiger partial charge in [0, 0.05) is 11.5 Å². The maximum absolute atomic E-state index is 12.6. The highest BCUT2D eigenvalue weighted by Gasteiger charge is 2.34. The monoisotopic (exact) mass is 204 g/mol. The fourth-order valence-electron chi connectivity index (χ4n) is 1.20. The molecule has 74 valence electrons. The van der Waals surface area contributed by atoms with Crippen molar-refractivity contribution >= 4 is 10.9 Å². The first-order valence-corrected chi connectivity index (χ1v) is 3.69. The van der Waals surface area contributed by atoms with E-state index in [1.165, 1.54) is 0 Å². The summed E-state index contributed by atoms with van der Waals surface area (Å²) in [6, 6.07) is 2.96. The molecule has 0 aliphatic carbocycles. The van der Waals surface area contributed by atoms with Gasteiger partial charge < -0.3 is 0 Å². The standard InChI is InChI=1S/C8H4F4N2/c9-4-1-2-5-6(3-4)13-14-7(5)8(10,11)12/h1-3H,(H,13,14). The van der Waals surface area contributed by atoms with Gasteiger partial charge in [-0.05, 0) is 12.1 Å². The number of hydrogen-bond donors (Lipinski definition) is 1. The van der Waals surface area contributed by atoms with E-state index in [2.05, 4.69) is 5.10 Å². The lowest BCUT2D eigenvalue weighted by Crippen LogP contribution is -2.05. The molecule has 1 aromatic heterocycles. The van der Waals surface area contributed by atoms with Gasteiger partial charge in [-0.3, -0.25) is 5.10 Å². The Morgan fingerprint density at radius 2 is 1.93 bits per heavy atom. The molecule has 6 heteroatoms. The first-order chi connectivity index (χ1) is 6.48. The SMILES string of the molecule is Fc1ccc2c(C(F)(F)F)[nH]nc2c1. The van der Waals surface area contributed by atoms with Crippen LogP contribution >= 0.6 is 0 Å². The van der Waals surface area contributed by atoms with Crippen LogP contribution in [0.4, 0.5) is 17.6 Å². The number of aromatic nitrogens is 2. The summed E-state index contributed by atoms with van der Waals surface area (Å²) in [5, 5.41) is 5.07. The molecule has 0 saturated carbocycles. The number of rotatable bonds is 0. The molecule has 2 aromatic rings. The van der Waals surface area contributed by atoms with E-state index in [0.717, 1.165) is 18.2 Å². The second-order valence-electron chi connectivity index (χ2n) is 2.76. The molecule has 2 nitrogen and oxygen atoms in total. The van der Waals surface area contributed by atoms with Crippen LogP contribution in [0.5, 0.6) is 0 Å². The number of nitrogens with one attached hydrogen (secondary N) is 1. The highest BCUT2D eigenvalue weighted by molar-refractivity contribution is 5.81. The molecule has 14 heavy (non-hydrogen) atoms. The van der Waals surface area contributed by atoms with Crippen molar-refractivity contribution in [1.29, 1.82) is 0 Å². The average Bonchev–Trinajstić information content (AvgIpc) is 2.45. The zero-order chi connectivity index (χ0) is 10.3. The van der Waals surface area contributed by atoms with Gasteiger partial charge in [0.25, 0.3) is 0 Å². The highest BCUT2D eigenvalue weighted by Crippen LogP contribution is 2.32. The van der Waals surface area contributed by atoms with Gasteiger partial charge in [-0.25, -0.2) is 4.39 Å². The van der Waals surface area contributed by atoms with Crippen molar-refractivity contribution in [1.82, 2.24) is 10.2 Å². The Labute approximate surface area is 75.5 Å². The predicted octanol–water partition coefficient (Wildman–Crippen LogP) is 2.72. The van der Waals surface area contributed by atoms with E-state index >= 15 is 0 Å². The van der Waals surface area contributed by atoms with Crippen molar-refractivity contribution in [3.8, 4) is 0 Å². The summed E-state index contributed by atoms with van der Waals surface area (Å²) < 4.78 is 49.5. The number of alkyl halides is 3. The van der Waals surface area contributed by atoms with Crippen LogP contribution in [0.25, 0.3) is 10.9 Å². The van der Waals surface area contributed by atoms with Crippen LogP contribution in [0, 0.1) is 5.82 Å². The van der Waals surface area contributed by atoms with Gasteiger partial charge >= 0.3 is 6.18 Å². The molecule has 0 aliphatic rings. The van der Waals surface area contributed by atoms with E-state index < -0.39 is 17.7 Å². The molecule has 0 radical (unpaired) electrons. The van der Waals surface area contributed by atoms with Gasteiger partial charge in [-0.2, -0.15) is 18.3 Å². The second-order valence-corrected chi connectivity index (χ2v) is 2.76. The van der Waals surface area contributed by atoms with Crippen LogP contribution in [0.3, 0.4) is 0 Å². The third-order valence-electron chi connectivity index (χ3n) is 1.80. The minimum atomic E-state index is -4.49. The smallest absolute Gasteiger partial charge is 0.272 e. The van der Waals surface area contributed by atoms with E-state index in [4.69, 9.17) is 0 Å². The minimum Gasteiger partial charge on any atom is -0.272 e. The molecule has 0 bridgehead atoms. The third kappa shape index (κ3) is 1.32. The Bertz CT molecular complexity index is 472. The summed E-state index contributed by atoms with van der Waals surface area (Å²) in [4.78, 5) is 0.